The van der Waals surface area contributed by atoms with Gasteiger partial charge in [-0.05, 0) is 6.42 Å². The van der Waals surface area contributed by atoms with Gasteiger partial charge in [0.15, 0.2) is 0 Å². The number of hydrogen-bond donors (Lipinski definition) is 2. The number of nitroso groups, excluding NO2 is 1. The van der Waals surface area contributed by atoms with E-state index in [0.29, 0.717) is 13.0 Å². The Labute approximate surface area is 88.2 Å². The Bertz CT molecular complexity index is 201. The predicted molar refractivity (Wildman–Crippen MR) is 52.4 cm³/mol. The van der Waals surface area contributed by atoms with Crippen LogP contribution in [0.2, 0.25) is 0 Å². The zero-order valence-corrected chi connectivity index (χ0v) is 8.70. The minimum Gasteiger partial charge on any atom is -0.396 e. The van der Waals surface area contributed by atoms with Crippen LogP contribution in [-0.2, 0) is 9.47 Å². The van der Waals surface area contributed by atoms with Gasteiger partial charge in [-0.25, -0.2) is 0 Å². The van der Waals surface area contributed by atoms with Crippen LogP contribution in [0, 0.1) is 10.8 Å². The summed E-state index contributed by atoms with van der Waals surface area (Å²) in [4.78, 5) is 10.1. The van der Waals surface area contributed by atoms with Crippen molar-refractivity contribution >= 4 is 0 Å². The van der Waals surface area contributed by atoms with Crippen LogP contribution in [0.1, 0.15) is 6.42 Å². The molecule has 0 saturated carbocycles. The van der Waals surface area contributed by atoms with Gasteiger partial charge in [-0.1, -0.05) is 5.18 Å². The first-order valence-electron chi connectivity index (χ1n) is 4.95. The van der Waals surface area contributed by atoms with Crippen molar-refractivity contribution in [3.8, 4) is 0 Å². The lowest BCUT2D eigenvalue weighted by Gasteiger charge is -2.37. The van der Waals surface area contributed by atoms with Crippen molar-refractivity contribution in [1.82, 2.24) is 0 Å². The molecule has 1 aliphatic rings. The molecule has 0 aromatic rings. The Hall–Kier alpha value is -0.560. The number of aliphatic hydroxyl groups is 2. The van der Waals surface area contributed by atoms with Gasteiger partial charge in [0.1, 0.15) is 12.6 Å². The number of aliphatic hydroxyl groups excluding tert-OH is 2. The van der Waals surface area contributed by atoms with Gasteiger partial charge in [-0.3, -0.25) is 0 Å². The van der Waals surface area contributed by atoms with Gasteiger partial charge in [0.05, 0.1) is 18.8 Å². The van der Waals surface area contributed by atoms with Crippen LogP contribution in [-0.4, -0.2) is 55.4 Å². The fourth-order valence-electron chi connectivity index (χ4n) is 1.86. The van der Waals surface area contributed by atoms with Crippen molar-refractivity contribution in [3.63, 3.8) is 0 Å². The van der Waals surface area contributed by atoms with E-state index in [1.165, 1.54) is 0 Å². The van der Waals surface area contributed by atoms with Crippen molar-refractivity contribution in [2.45, 2.75) is 24.7 Å². The second-order valence-electron chi connectivity index (χ2n) is 3.73. The summed E-state index contributed by atoms with van der Waals surface area (Å²) in [7, 11) is 1.55. The van der Waals surface area contributed by atoms with E-state index in [1.807, 2.05) is 0 Å². The molecule has 88 valence electrons. The van der Waals surface area contributed by atoms with E-state index < -0.39 is 12.2 Å². The van der Waals surface area contributed by atoms with E-state index in [9.17, 15) is 10.0 Å². The van der Waals surface area contributed by atoms with Crippen LogP contribution in [0.5, 0.6) is 0 Å². The molecule has 1 fully saturated rings. The number of rotatable bonds is 5. The minimum atomic E-state index is -0.833. The summed E-state index contributed by atoms with van der Waals surface area (Å²) in [5.74, 6) is -0.273. The number of nitrogens with zero attached hydrogens (tertiary/aromatic N) is 1. The molecule has 1 saturated heterocycles. The molecule has 0 aliphatic carbocycles. The third kappa shape index (κ3) is 3.20. The van der Waals surface area contributed by atoms with Crippen molar-refractivity contribution in [3.05, 3.63) is 4.91 Å². The van der Waals surface area contributed by atoms with Crippen molar-refractivity contribution in [1.29, 1.82) is 0 Å². The molecular formula is C9H17NO5. The average Bonchev–Trinajstić information content (AvgIpc) is 2.23. The quantitative estimate of drug-likeness (QED) is 0.610. The highest BCUT2D eigenvalue weighted by Crippen LogP contribution is 2.25. The number of methoxy groups -OCH3 is 1. The van der Waals surface area contributed by atoms with Gasteiger partial charge >= 0.3 is 0 Å². The van der Waals surface area contributed by atoms with Crippen LogP contribution < -0.4 is 0 Å². The minimum absolute atomic E-state index is 0.0993. The lowest BCUT2D eigenvalue weighted by molar-refractivity contribution is -0.160. The zero-order valence-electron chi connectivity index (χ0n) is 8.70. The maximum Gasteiger partial charge on any atom is 0.110 e. The molecule has 0 aromatic heterocycles. The van der Waals surface area contributed by atoms with E-state index in [-0.39, 0.29) is 25.2 Å². The first kappa shape index (κ1) is 12.5. The summed E-state index contributed by atoms with van der Waals surface area (Å²) in [5.41, 5.74) is 0. The molecule has 0 bridgehead atoms. The Balaban J connectivity index is 2.58. The molecule has 6 nitrogen and oxygen atoms in total. The second-order valence-corrected chi connectivity index (χ2v) is 3.73. The normalized spacial score (nSPS) is 36.5. The fraction of sp³-hybridized carbons (Fsp3) is 1.00. The molecule has 0 amide bonds. The molecule has 0 spiro atoms. The third-order valence-corrected chi connectivity index (χ3v) is 2.64. The molecule has 6 heteroatoms. The van der Waals surface area contributed by atoms with Gasteiger partial charge in [-0.2, -0.15) is 4.91 Å². The summed E-state index contributed by atoms with van der Waals surface area (Å²) in [6, 6.07) is 0. The lowest BCUT2D eigenvalue weighted by Crippen LogP contribution is -2.48. The summed E-state index contributed by atoms with van der Waals surface area (Å²) in [6.07, 6.45) is -1.13. The van der Waals surface area contributed by atoms with Crippen LogP contribution in [0.15, 0.2) is 5.18 Å². The third-order valence-electron chi connectivity index (χ3n) is 2.64. The monoisotopic (exact) mass is 219 g/mol. The molecular weight excluding hydrogens is 202 g/mol. The highest BCUT2D eigenvalue weighted by Gasteiger charge is 2.37. The Kier molecular flexibility index (Phi) is 5.10. The van der Waals surface area contributed by atoms with E-state index in [0.717, 1.165) is 0 Å². The second kappa shape index (κ2) is 6.12. The summed E-state index contributed by atoms with van der Waals surface area (Å²) in [5, 5.41) is 21.5. The standard InChI is InChI=1S/C9H17NO5/c1-14-5-7-2-6(4-11)9(12)8(15-7)3-10-13/h6-9,11-12H,2-5H2,1H3/t6?,7?,8?,9-/m1/s1. The van der Waals surface area contributed by atoms with Gasteiger partial charge in [-0.15, -0.1) is 0 Å². The van der Waals surface area contributed by atoms with Crippen molar-refractivity contribution < 1.29 is 19.7 Å². The molecule has 1 rings (SSSR count). The molecule has 3 unspecified atom stereocenters. The Morgan fingerprint density at radius 3 is 2.87 bits per heavy atom. The van der Waals surface area contributed by atoms with E-state index in [4.69, 9.17) is 14.6 Å². The molecule has 1 aliphatic heterocycles. The maximum atomic E-state index is 10.1. The highest BCUT2D eigenvalue weighted by molar-refractivity contribution is 4.86. The molecule has 0 radical (unpaired) electrons. The highest BCUT2D eigenvalue weighted by atomic mass is 16.5. The van der Waals surface area contributed by atoms with Gasteiger partial charge < -0.3 is 19.7 Å². The van der Waals surface area contributed by atoms with E-state index in [2.05, 4.69) is 5.18 Å². The predicted octanol–water partition coefficient (Wildman–Crippen LogP) is -0.474. The first-order valence-corrected chi connectivity index (χ1v) is 4.95. The van der Waals surface area contributed by atoms with E-state index in [1.54, 1.807) is 7.11 Å². The molecule has 2 N–H and O–H groups in total. The zero-order chi connectivity index (χ0) is 11.3. The van der Waals surface area contributed by atoms with Crippen LogP contribution in [0.4, 0.5) is 0 Å². The summed E-state index contributed by atoms with van der Waals surface area (Å²) >= 11 is 0. The summed E-state index contributed by atoms with van der Waals surface area (Å²) in [6.45, 7) is 0.163. The lowest BCUT2D eigenvalue weighted by atomic mass is 9.89. The summed E-state index contributed by atoms with van der Waals surface area (Å²) < 4.78 is 10.4. The number of ether oxygens (including phenoxy) is 2. The average molecular weight is 219 g/mol. The SMILES string of the molecule is COCC1CC(CO)[C@@H](O)C(CN=O)O1. The molecule has 0 aromatic carbocycles. The molecule has 4 atom stereocenters. The van der Waals surface area contributed by atoms with Gasteiger partial charge in [0.25, 0.3) is 0 Å². The van der Waals surface area contributed by atoms with Crippen molar-refractivity contribution in [2.24, 2.45) is 11.1 Å². The van der Waals surface area contributed by atoms with Gasteiger partial charge in [0, 0.05) is 19.6 Å². The molecule has 1 heterocycles. The van der Waals surface area contributed by atoms with Crippen LogP contribution in [0.25, 0.3) is 0 Å². The first-order chi connectivity index (χ1) is 7.22. The fourth-order valence-corrected chi connectivity index (χ4v) is 1.86. The Morgan fingerprint density at radius 2 is 2.33 bits per heavy atom. The largest absolute Gasteiger partial charge is 0.396 e. The smallest absolute Gasteiger partial charge is 0.110 e. The van der Waals surface area contributed by atoms with Crippen LogP contribution in [0.3, 0.4) is 0 Å². The van der Waals surface area contributed by atoms with E-state index >= 15 is 0 Å². The Morgan fingerprint density at radius 1 is 1.60 bits per heavy atom. The van der Waals surface area contributed by atoms with Crippen LogP contribution >= 0.6 is 0 Å². The van der Waals surface area contributed by atoms with Crippen molar-refractivity contribution in [2.75, 3.05) is 26.9 Å². The van der Waals surface area contributed by atoms with Gasteiger partial charge in [0.2, 0.25) is 0 Å². The number of hydrogen-bond acceptors (Lipinski definition) is 6. The topological polar surface area (TPSA) is 88.4 Å². The molecule has 15 heavy (non-hydrogen) atoms. The maximum absolute atomic E-state index is 10.1.